The van der Waals surface area contributed by atoms with Gasteiger partial charge in [0.25, 0.3) is 0 Å². The van der Waals surface area contributed by atoms with Crippen LogP contribution in [0, 0.1) is 0 Å². The highest BCUT2D eigenvalue weighted by Gasteiger charge is 2.19. The van der Waals surface area contributed by atoms with Gasteiger partial charge in [0.05, 0.1) is 5.69 Å². The Labute approximate surface area is 136 Å². The third-order valence-electron chi connectivity index (χ3n) is 3.19. The molecule has 1 unspecified atom stereocenters. The van der Waals surface area contributed by atoms with E-state index in [1.54, 1.807) is 10.9 Å². The van der Waals surface area contributed by atoms with E-state index in [4.69, 9.17) is 10.5 Å². The molecule has 2 aromatic rings. The summed E-state index contributed by atoms with van der Waals surface area (Å²) in [5.74, 6) is 0. The van der Waals surface area contributed by atoms with Crippen LogP contribution in [0.4, 0.5) is 4.79 Å². The average Bonchev–Trinajstić information content (AvgIpc) is 2.99. The molecule has 124 valence electrons. The molecule has 0 bridgehead atoms. The van der Waals surface area contributed by atoms with E-state index >= 15 is 0 Å². The number of alkyl carbamates (subject to hydrolysis) is 1. The summed E-state index contributed by atoms with van der Waals surface area (Å²) in [4.78, 5) is 11.8. The van der Waals surface area contributed by atoms with Gasteiger partial charge in [-0.25, -0.2) is 9.48 Å². The number of rotatable bonds is 5. The van der Waals surface area contributed by atoms with Crippen LogP contribution >= 0.6 is 0 Å². The molecular weight excluding hydrogens is 292 g/mol. The van der Waals surface area contributed by atoms with Gasteiger partial charge in [0, 0.05) is 25.0 Å². The highest BCUT2D eigenvalue weighted by molar-refractivity contribution is 5.68. The van der Waals surface area contributed by atoms with Crippen LogP contribution < -0.4 is 11.1 Å². The lowest BCUT2D eigenvalue weighted by molar-refractivity contribution is 0.0506. The molecular formula is C17H24N4O2. The van der Waals surface area contributed by atoms with Gasteiger partial charge in [0.1, 0.15) is 5.60 Å². The third kappa shape index (κ3) is 5.41. The van der Waals surface area contributed by atoms with Gasteiger partial charge in [-0.15, -0.1) is 0 Å². The molecule has 2 rings (SSSR count). The molecule has 1 amide bonds. The van der Waals surface area contributed by atoms with Gasteiger partial charge in [-0.1, -0.05) is 12.1 Å². The van der Waals surface area contributed by atoms with Crippen LogP contribution in [0.5, 0.6) is 0 Å². The predicted octanol–water partition coefficient (Wildman–Crippen LogP) is 2.27. The SMILES string of the molecule is CC(C)(C)OC(=O)NC(CN)Cc1ccc(-n2cccn2)cc1. The number of nitrogens with zero attached hydrogens (tertiary/aromatic N) is 2. The second-order valence-electron chi connectivity index (χ2n) is 6.40. The number of amides is 1. The first-order chi connectivity index (χ1) is 10.9. The number of hydrogen-bond donors (Lipinski definition) is 2. The van der Waals surface area contributed by atoms with Crippen LogP contribution in [0.15, 0.2) is 42.7 Å². The van der Waals surface area contributed by atoms with Crippen molar-refractivity contribution in [2.75, 3.05) is 6.54 Å². The molecule has 1 heterocycles. The first kappa shape index (κ1) is 17.0. The van der Waals surface area contributed by atoms with Gasteiger partial charge in [-0.05, 0) is 51.0 Å². The number of carbonyl (C=O) groups excluding carboxylic acids is 1. The summed E-state index contributed by atoms with van der Waals surface area (Å²) >= 11 is 0. The lowest BCUT2D eigenvalue weighted by Crippen LogP contribution is -2.44. The zero-order valence-corrected chi connectivity index (χ0v) is 13.8. The number of aromatic nitrogens is 2. The maximum atomic E-state index is 11.8. The van der Waals surface area contributed by atoms with Crippen molar-refractivity contribution in [1.29, 1.82) is 0 Å². The fourth-order valence-electron chi connectivity index (χ4n) is 2.16. The van der Waals surface area contributed by atoms with Crippen LogP contribution in [0.3, 0.4) is 0 Å². The van der Waals surface area contributed by atoms with E-state index in [9.17, 15) is 4.79 Å². The predicted molar refractivity (Wildman–Crippen MR) is 89.5 cm³/mol. The van der Waals surface area contributed by atoms with Crippen molar-refractivity contribution in [3.05, 3.63) is 48.3 Å². The van der Waals surface area contributed by atoms with Gasteiger partial charge in [-0.3, -0.25) is 0 Å². The minimum atomic E-state index is -0.519. The molecule has 0 spiro atoms. The van der Waals surface area contributed by atoms with E-state index in [0.29, 0.717) is 13.0 Å². The molecule has 1 aromatic carbocycles. The normalized spacial score (nSPS) is 12.7. The Morgan fingerprint density at radius 2 is 2.04 bits per heavy atom. The molecule has 3 N–H and O–H groups in total. The van der Waals surface area contributed by atoms with Gasteiger partial charge in [-0.2, -0.15) is 5.10 Å². The standard InChI is InChI=1S/C17H24N4O2/c1-17(2,3)23-16(22)20-14(12-18)11-13-5-7-15(8-6-13)21-10-4-9-19-21/h4-10,14H,11-12,18H2,1-3H3,(H,20,22). The summed E-state index contributed by atoms with van der Waals surface area (Å²) in [5.41, 5.74) is 7.32. The molecule has 0 radical (unpaired) electrons. The second kappa shape index (κ2) is 7.28. The number of ether oxygens (including phenoxy) is 1. The summed E-state index contributed by atoms with van der Waals surface area (Å²) in [6.45, 7) is 5.84. The number of carbonyl (C=O) groups is 1. The quantitative estimate of drug-likeness (QED) is 0.886. The largest absolute Gasteiger partial charge is 0.444 e. The van der Waals surface area contributed by atoms with Crippen LogP contribution in [-0.4, -0.2) is 34.1 Å². The van der Waals surface area contributed by atoms with Crippen molar-refractivity contribution in [3.63, 3.8) is 0 Å². The smallest absolute Gasteiger partial charge is 0.407 e. The van der Waals surface area contributed by atoms with Crippen LogP contribution in [0.2, 0.25) is 0 Å². The fraction of sp³-hybridized carbons (Fsp3) is 0.412. The summed E-state index contributed by atoms with van der Waals surface area (Å²) in [7, 11) is 0. The van der Waals surface area contributed by atoms with Crippen LogP contribution in [0.1, 0.15) is 26.3 Å². The number of nitrogens with one attached hydrogen (secondary N) is 1. The maximum absolute atomic E-state index is 11.8. The Morgan fingerprint density at radius 1 is 1.35 bits per heavy atom. The molecule has 0 aliphatic heterocycles. The van der Waals surface area contributed by atoms with Gasteiger partial charge >= 0.3 is 6.09 Å². The van der Waals surface area contributed by atoms with E-state index in [1.807, 2.05) is 57.3 Å². The molecule has 0 saturated carbocycles. The van der Waals surface area contributed by atoms with Gasteiger partial charge < -0.3 is 15.8 Å². The zero-order chi connectivity index (χ0) is 16.9. The lowest BCUT2D eigenvalue weighted by Gasteiger charge is -2.23. The number of nitrogens with two attached hydrogens (primary N) is 1. The average molecular weight is 316 g/mol. The Morgan fingerprint density at radius 3 is 2.57 bits per heavy atom. The summed E-state index contributed by atoms with van der Waals surface area (Å²) < 4.78 is 7.05. The van der Waals surface area contributed by atoms with E-state index in [1.165, 1.54) is 0 Å². The monoisotopic (exact) mass is 316 g/mol. The Hall–Kier alpha value is -2.34. The Bertz CT molecular complexity index is 615. The van der Waals surface area contributed by atoms with Gasteiger partial charge in [0.2, 0.25) is 0 Å². The van der Waals surface area contributed by atoms with E-state index in [0.717, 1.165) is 11.3 Å². The molecule has 6 heteroatoms. The maximum Gasteiger partial charge on any atom is 0.407 e. The number of hydrogen-bond acceptors (Lipinski definition) is 4. The van der Waals surface area contributed by atoms with Gasteiger partial charge in [0.15, 0.2) is 0 Å². The summed E-state index contributed by atoms with van der Waals surface area (Å²) in [5, 5.41) is 7.00. The zero-order valence-electron chi connectivity index (χ0n) is 13.8. The Balaban J connectivity index is 1.95. The van der Waals surface area contributed by atoms with E-state index in [2.05, 4.69) is 10.4 Å². The van der Waals surface area contributed by atoms with Crippen LogP contribution in [-0.2, 0) is 11.2 Å². The van der Waals surface area contributed by atoms with E-state index in [-0.39, 0.29) is 6.04 Å². The molecule has 0 saturated heterocycles. The minimum absolute atomic E-state index is 0.166. The van der Waals surface area contributed by atoms with Crippen molar-refractivity contribution in [2.24, 2.45) is 5.73 Å². The molecule has 1 atom stereocenters. The molecule has 1 aromatic heterocycles. The Kier molecular flexibility index (Phi) is 5.39. The highest BCUT2D eigenvalue weighted by atomic mass is 16.6. The topological polar surface area (TPSA) is 82.2 Å². The molecule has 0 fully saturated rings. The van der Waals surface area contributed by atoms with Crippen molar-refractivity contribution in [2.45, 2.75) is 38.8 Å². The first-order valence-electron chi connectivity index (χ1n) is 7.66. The van der Waals surface area contributed by atoms with Crippen molar-refractivity contribution >= 4 is 6.09 Å². The molecule has 0 aliphatic carbocycles. The first-order valence-corrected chi connectivity index (χ1v) is 7.66. The summed E-state index contributed by atoms with van der Waals surface area (Å²) in [6, 6.07) is 9.71. The summed E-state index contributed by atoms with van der Waals surface area (Å²) in [6.07, 6.45) is 3.83. The molecule has 23 heavy (non-hydrogen) atoms. The minimum Gasteiger partial charge on any atom is -0.444 e. The highest BCUT2D eigenvalue weighted by Crippen LogP contribution is 2.11. The van der Waals surface area contributed by atoms with E-state index < -0.39 is 11.7 Å². The fourth-order valence-corrected chi connectivity index (χ4v) is 2.16. The molecule has 0 aliphatic rings. The van der Waals surface area contributed by atoms with Crippen LogP contribution in [0.25, 0.3) is 5.69 Å². The van der Waals surface area contributed by atoms with Crippen molar-refractivity contribution < 1.29 is 9.53 Å². The number of benzene rings is 1. The lowest BCUT2D eigenvalue weighted by atomic mass is 10.1. The second-order valence-corrected chi connectivity index (χ2v) is 6.40. The molecule has 6 nitrogen and oxygen atoms in total. The van der Waals surface area contributed by atoms with Crippen molar-refractivity contribution in [1.82, 2.24) is 15.1 Å². The van der Waals surface area contributed by atoms with Crippen molar-refractivity contribution in [3.8, 4) is 5.69 Å². The third-order valence-corrected chi connectivity index (χ3v) is 3.19.